The van der Waals surface area contributed by atoms with Crippen LogP contribution < -0.4 is 0 Å². The van der Waals surface area contributed by atoms with Gasteiger partial charge in [-0.05, 0) is 5.57 Å². The monoisotopic (exact) mass is 198 g/mol. The van der Waals surface area contributed by atoms with Crippen molar-refractivity contribution in [1.29, 1.82) is 0 Å². The van der Waals surface area contributed by atoms with Gasteiger partial charge in [0.2, 0.25) is 11.6 Å². The van der Waals surface area contributed by atoms with E-state index in [9.17, 15) is 9.59 Å². The summed E-state index contributed by atoms with van der Waals surface area (Å²) in [6.45, 7) is 3.57. The molecule has 0 N–H and O–H groups in total. The summed E-state index contributed by atoms with van der Waals surface area (Å²) >= 11 is 0. The Kier molecular flexibility index (Phi) is 2.34. The summed E-state index contributed by atoms with van der Waals surface area (Å²) < 4.78 is 0. The molecule has 0 unspecified atom stereocenters. The van der Waals surface area contributed by atoms with Gasteiger partial charge in [0.15, 0.2) is 0 Å². The zero-order chi connectivity index (χ0) is 10.8. The highest BCUT2D eigenvalue weighted by Crippen LogP contribution is 2.21. The molecule has 0 spiro atoms. The van der Waals surface area contributed by atoms with Crippen molar-refractivity contribution in [2.45, 2.75) is 6.42 Å². The molecule has 0 saturated heterocycles. The number of rotatable bonds is 0. The fourth-order valence-corrected chi connectivity index (χ4v) is 1.55. The molecule has 2 rings (SSSR count). The summed E-state index contributed by atoms with van der Waals surface area (Å²) in [5.41, 5.74) is 1.81. The van der Waals surface area contributed by atoms with Crippen LogP contribution in [0, 0.1) is 0 Å². The molecule has 0 fully saturated rings. The number of Topliss-reactive ketones (excluding diaryl/α,β-unsaturated/α-hetero) is 2. The molecule has 0 atom stereocenters. The van der Waals surface area contributed by atoms with Crippen LogP contribution in [0.3, 0.4) is 0 Å². The average molecular weight is 198 g/mol. The van der Waals surface area contributed by atoms with Gasteiger partial charge in [0.25, 0.3) is 0 Å². The first-order valence-corrected chi connectivity index (χ1v) is 4.71. The van der Waals surface area contributed by atoms with Crippen LogP contribution in [0.25, 0.3) is 0 Å². The van der Waals surface area contributed by atoms with E-state index in [0.29, 0.717) is 12.0 Å². The molecule has 2 bridgehead atoms. The summed E-state index contributed by atoms with van der Waals surface area (Å²) in [7, 11) is 0. The van der Waals surface area contributed by atoms with Crippen LogP contribution in [0.2, 0.25) is 0 Å². The summed E-state index contributed by atoms with van der Waals surface area (Å²) in [5, 5.41) is 0. The quantitative estimate of drug-likeness (QED) is 0.441. The van der Waals surface area contributed by atoms with Gasteiger partial charge in [-0.1, -0.05) is 43.0 Å². The first-order valence-electron chi connectivity index (χ1n) is 4.71. The summed E-state index contributed by atoms with van der Waals surface area (Å²) in [6, 6.07) is 0. The predicted octanol–water partition coefficient (Wildman–Crippen LogP) is 2.06. The highest BCUT2D eigenvalue weighted by Gasteiger charge is 2.22. The number of carbonyl (C=O) groups is 2. The molecule has 2 nitrogen and oxygen atoms in total. The lowest BCUT2D eigenvalue weighted by atomic mass is 9.94. The Morgan fingerprint density at radius 1 is 1.00 bits per heavy atom. The number of ketones is 2. The molecule has 0 heterocycles. The highest BCUT2D eigenvalue weighted by molar-refractivity contribution is 6.49. The Bertz CT molecular complexity index is 471. The van der Waals surface area contributed by atoms with Gasteiger partial charge < -0.3 is 0 Å². The van der Waals surface area contributed by atoms with E-state index in [1.807, 2.05) is 12.2 Å². The highest BCUT2D eigenvalue weighted by atomic mass is 16.2. The standard InChI is InChI=1S/C13H10O2/c1-9-4-2-5-10-6-3-7-11(8-10)13(15)12(9)14/h2-7H,1,8H2/b4-2-,10-5-. The fourth-order valence-electron chi connectivity index (χ4n) is 1.55. The molecule has 15 heavy (non-hydrogen) atoms. The summed E-state index contributed by atoms with van der Waals surface area (Å²) in [6.07, 6.45) is 11.1. The second-order valence-electron chi connectivity index (χ2n) is 3.51. The van der Waals surface area contributed by atoms with E-state index in [-0.39, 0.29) is 5.57 Å². The SMILES string of the molecule is C=C1/C=C\C=C2\C=CC=C(C2)C(=O)C1=O. The maximum absolute atomic E-state index is 11.7. The molecule has 2 heteroatoms. The molecular formula is C13H10O2. The van der Waals surface area contributed by atoms with Crippen LogP contribution in [-0.2, 0) is 9.59 Å². The molecule has 0 aromatic heterocycles. The van der Waals surface area contributed by atoms with Crippen molar-refractivity contribution >= 4 is 11.6 Å². The second-order valence-corrected chi connectivity index (χ2v) is 3.51. The van der Waals surface area contributed by atoms with Gasteiger partial charge in [-0.15, -0.1) is 0 Å². The Balaban J connectivity index is 2.49. The molecule has 0 radical (unpaired) electrons. The van der Waals surface area contributed by atoms with E-state index in [0.717, 1.165) is 5.57 Å². The van der Waals surface area contributed by atoms with Crippen molar-refractivity contribution in [1.82, 2.24) is 0 Å². The Hall–Kier alpha value is -1.96. The normalized spacial score (nSPS) is 26.0. The maximum Gasteiger partial charge on any atom is 0.232 e. The third kappa shape index (κ3) is 1.79. The van der Waals surface area contributed by atoms with Crippen molar-refractivity contribution < 1.29 is 9.59 Å². The Morgan fingerprint density at radius 2 is 1.73 bits per heavy atom. The zero-order valence-electron chi connectivity index (χ0n) is 8.19. The van der Waals surface area contributed by atoms with Crippen LogP contribution >= 0.6 is 0 Å². The molecule has 0 amide bonds. The molecular weight excluding hydrogens is 188 g/mol. The molecule has 0 aliphatic heterocycles. The Morgan fingerprint density at radius 3 is 2.53 bits per heavy atom. The minimum Gasteiger partial charge on any atom is -0.285 e. The number of carbonyl (C=O) groups excluding carboxylic acids is 2. The lowest BCUT2D eigenvalue weighted by Crippen LogP contribution is -2.17. The first kappa shape index (κ1) is 9.59. The first-order chi connectivity index (χ1) is 7.18. The van der Waals surface area contributed by atoms with Crippen LogP contribution in [-0.4, -0.2) is 11.6 Å². The fraction of sp³-hybridized carbons (Fsp3) is 0.0769. The molecule has 0 saturated carbocycles. The molecule has 2 aliphatic carbocycles. The molecule has 0 aromatic rings. The molecule has 2 aliphatic rings. The van der Waals surface area contributed by atoms with Gasteiger partial charge in [-0.25, -0.2) is 0 Å². The van der Waals surface area contributed by atoms with Crippen molar-refractivity contribution in [3.63, 3.8) is 0 Å². The average Bonchev–Trinajstić information content (AvgIpc) is 2.29. The van der Waals surface area contributed by atoms with E-state index in [1.165, 1.54) is 0 Å². The van der Waals surface area contributed by atoms with E-state index in [4.69, 9.17) is 0 Å². The third-order valence-electron chi connectivity index (χ3n) is 2.40. The number of hydrogen-bond acceptors (Lipinski definition) is 2. The van der Waals surface area contributed by atoms with Gasteiger partial charge in [0.05, 0.1) is 0 Å². The predicted molar refractivity (Wildman–Crippen MR) is 58.2 cm³/mol. The van der Waals surface area contributed by atoms with Crippen molar-refractivity contribution in [2.75, 3.05) is 0 Å². The Labute approximate surface area is 88.0 Å². The van der Waals surface area contributed by atoms with Gasteiger partial charge in [-0.2, -0.15) is 0 Å². The summed E-state index contributed by atoms with van der Waals surface area (Å²) in [4.78, 5) is 23.3. The molecule has 74 valence electrons. The van der Waals surface area contributed by atoms with Crippen LogP contribution in [0.1, 0.15) is 6.42 Å². The third-order valence-corrected chi connectivity index (χ3v) is 2.40. The van der Waals surface area contributed by atoms with Crippen LogP contribution in [0.4, 0.5) is 0 Å². The number of hydrogen-bond donors (Lipinski definition) is 0. The largest absolute Gasteiger partial charge is 0.285 e. The van der Waals surface area contributed by atoms with Gasteiger partial charge in [0.1, 0.15) is 0 Å². The van der Waals surface area contributed by atoms with Crippen molar-refractivity contribution in [3.05, 3.63) is 59.8 Å². The van der Waals surface area contributed by atoms with E-state index >= 15 is 0 Å². The van der Waals surface area contributed by atoms with E-state index in [2.05, 4.69) is 6.58 Å². The van der Waals surface area contributed by atoms with Crippen LogP contribution in [0.15, 0.2) is 59.8 Å². The van der Waals surface area contributed by atoms with Crippen molar-refractivity contribution in [2.24, 2.45) is 0 Å². The number of fused-ring (bicyclic) bond motifs is 2. The summed E-state index contributed by atoms with van der Waals surface area (Å²) in [5.74, 6) is -0.954. The lowest BCUT2D eigenvalue weighted by molar-refractivity contribution is -0.131. The van der Waals surface area contributed by atoms with Gasteiger partial charge in [-0.3, -0.25) is 9.59 Å². The van der Waals surface area contributed by atoms with E-state index < -0.39 is 11.6 Å². The van der Waals surface area contributed by atoms with Gasteiger partial charge in [0, 0.05) is 17.6 Å². The topological polar surface area (TPSA) is 34.1 Å². The zero-order valence-corrected chi connectivity index (χ0v) is 8.19. The van der Waals surface area contributed by atoms with E-state index in [1.54, 1.807) is 24.3 Å². The second kappa shape index (κ2) is 3.65. The molecule has 0 aromatic carbocycles. The van der Waals surface area contributed by atoms with Crippen LogP contribution in [0.5, 0.6) is 0 Å². The van der Waals surface area contributed by atoms with Crippen molar-refractivity contribution in [3.8, 4) is 0 Å². The minimum absolute atomic E-state index is 0.241. The lowest BCUT2D eigenvalue weighted by Gasteiger charge is -2.08. The van der Waals surface area contributed by atoms with Gasteiger partial charge >= 0.3 is 0 Å². The minimum atomic E-state index is -0.512. The smallest absolute Gasteiger partial charge is 0.232 e. The maximum atomic E-state index is 11.7. The number of allylic oxidation sites excluding steroid dienone is 9.